The van der Waals surface area contributed by atoms with Gasteiger partial charge < -0.3 is 9.47 Å². The molecule has 0 radical (unpaired) electrons. The molecule has 0 saturated carbocycles. The first kappa shape index (κ1) is 21.1. The summed E-state index contributed by atoms with van der Waals surface area (Å²) in [4.78, 5) is 34.9. The molecule has 1 aliphatic rings. The molecule has 7 nitrogen and oxygen atoms in total. The van der Waals surface area contributed by atoms with E-state index in [0.717, 1.165) is 41.5 Å². The molecule has 1 unspecified atom stereocenters. The van der Waals surface area contributed by atoms with Crippen LogP contribution >= 0.6 is 23.1 Å². The molecule has 0 aliphatic carbocycles. The number of carbonyl (C=O) groups excluding carboxylic acids is 1. The van der Waals surface area contributed by atoms with Crippen molar-refractivity contribution in [2.75, 3.05) is 13.7 Å². The second kappa shape index (κ2) is 9.01. The molecule has 1 saturated heterocycles. The Kier molecular flexibility index (Phi) is 5.95. The van der Waals surface area contributed by atoms with Gasteiger partial charge in [0.05, 0.1) is 25.3 Å². The van der Waals surface area contributed by atoms with E-state index in [2.05, 4.69) is 4.98 Å². The molecule has 164 valence electrons. The molecule has 1 aromatic carbocycles. The number of hydrogen-bond acceptors (Lipinski definition) is 8. The predicted octanol–water partition coefficient (Wildman–Crippen LogP) is 4.30. The van der Waals surface area contributed by atoms with E-state index in [-0.39, 0.29) is 11.7 Å². The highest BCUT2D eigenvalue weighted by Crippen LogP contribution is 2.33. The number of aldehydes is 1. The molecule has 0 N–H and O–H groups in total. The molecule has 5 rings (SSSR count). The SMILES string of the molecule is COc1ccc(C=O)cc1CSc1nc2c(sc3ncccc32)c(=O)n1CC1CCCO1. The third kappa shape index (κ3) is 3.92. The van der Waals surface area contributed by atoms with Crippen molar-refractivity contribution in [3.05, 3.63) is 58.0 Å². The van der Waals surface area contributed by atoms with Gasteiger partial charge in [-0.2, -0.15) is 0 Å². The minimum Gasteiger partial charge on any atom is -0.496 e. The van der Waals surface area contributed by atoms with Crippen molar-refractivity contribution in [2.24, 2.45) is 0 Å². The number of methoxy groups -OCH3 is 1. The summed E-state index contributed by atoms with van der Waals surface area (Å²) in [5, 5.41) is 1.51. The van der Waals surface area contributed by atoms with Crippen LogP contribution in [-0.4, -0.2) is 40.6 Å². The van der Waals surface area contributed by atoms with Gasteiger partial charge in [-0.05, 0) is 43.2 Å². The first-order chi connectivity index (χ1) is 15.7. The largest absolute Gasteiger partial charge is 0.496 e. The lowest BCUT2D eigenvalue weighted by Gasteiger charge is -2.16. The smallest absolute Gasteiger partial charge is 0.272 e. The summed E-state index contributed by atoms with van der Waals surface area (Å²) in [6.45, 7) is 1.19. The van der Waals surface area contributed by atoms with Crippen molar-refractivity contribution >= 4 is 49.8 Å². The lowest BCUT2D eigenvalue weighted by Crippen LogP contribution is -2.28. The van der Waals surface area contributed by atoms with Crippen LogP contribution in [0.3, 0.4) is 0 Å². The lowest BCUT2D eigenvalue weighted by atomic mass is 10.1. The van der Waals surface area contributed by atoms with Gasteiger partial charge in [-0.25, -0.2) is 9.97 Å². The summed E-state index contributed by atoms with van der Waals surface area (Å²) in [6.07, 6.45) is 4.48. The molecule has 32 heavy (non-hydrogen) atoms. The van der Waals surface area contributed by atoms with Gasteiger partial charge in [0, 0.05) is 35.1 Å². The first-order valence-electron chi connectivity index (χ1n) is 10.3. The van der Waals surface area contributed by atoms with Crippen LogP contribution in [0.1, 0.15) is 28.8 Å². The maximum Gasteiger partial charge on any atom is 0.272 e. The van der Waals surface area contributed by atoms with Crippen LogP contribution in [0.4, 0.5) is 0 Å². The summed E-state index contributed by atoms with van der Waals surface area (Å²) >= 11 is 2.84. The maximum atomic E-state index is 13.5. The lowest BCUT2D eigenvalue weighted by molar-refractivity contribution is 0.0937. The van der Waals surface area contributed by atoms with E-state index in [0.29, 0.717) is 39.0 Å². The molecule has 1 atom stereocenters. The van der Waals surface area contributed by atoms with E-state index in [9.17, 15) is 9.59 Å². The van der Waals surface area contributed by atoms with Gasteiger partial charge in [0.1, 0.15) is 21.6 Å². The Labute approximate surface area is 192 Å². The fourth-order valence-electron chi connectivity index (χ4n) is 3.93. The number of pyridine rings is 1. The van der Waals surface area contributed by atoms with E-state index in [4.69, 9.17) is 14.5 Å². The Hall–Kier alpha value is -2.75. The van der Waals surface area contributed by atoms with E-state index in [1.165, 1.54) is 23.1 Å². The molecule has 4 heterocycles. The number of benzene rings is 1. The van der Waals surface area contributed by atoms with Crippen molar-refractivity contribution < 1.29 is 14.3 Å². The van der Waals surface area contributed by atoms with E-state index in [1.807, 2.05) is 18.2 Å². The Morgan fingerprint density at radius 3 is 3.06 bits per heavy atom. The van der Waals surface area contributed by atoms with Gasteiger partial charge in [-0.1, -0.05) is 11.8 Å². The van der Waals surface area contributed by atoms with Crippen molar-refractivity contribution in [1.29, 1.82) is 0 Å². The molecule has 1 aliphatic heterocycles. The van der Waals surface area contributed by atoms with Gasteiger partial charge >= 0.3 is 0 Å². The average molecular weight is 468 g/mol. The van der Waals surface area contributed by atoms with Gasteiger partial charge in [0.2, 0.25) is 0 Å². The monoisotopic (exact) mass is 467 g/mol. The summed E-state index contributed by atoms with van der Waals surface area (Å²) in [6, 6.07) is 9.12. The third-order valence-corrected chi connectivity index (χ3v) is 7.64. The number of ether oxygens (including phenoxy) is 2. The first-order valence-corrected chi connectivity index (χ1v) is 12.1. The summed E-state index contributed by atoms with van der Waals surface area (Å²) in [7, 11) is 1.60. The summed E-state index contributed by atoms with van der Waals surface area (Å²) in [5.74, 6) is 1.21. The zero-order valence-electron chi connectivity index (χ0n) is 17.4. The second-order valence-corrected chi connectivity index (χ2v) is 9.50. The fourth-order valence-corrected chi connectivity index (χ4v) is 5.94. The number of carbonyl (C=O) groups is 1. The van der Waals surface area contributed by atoms with Crippen LogP contribution in [0.2, 0.25) is 0 Å². The van der Waals surface area contributed by atoms with Gasteiger partial charge in [0.15, 0.2) is 5.16 Å². The summed E-state index contributed by atoms with van der Waals surface area (Å²) in [5.41, 5.74) is 2.07. The van der Waals surface area contributed by atoms with E-state index < -0.39 is 0 Å². The van der Waals surface area contributed by atoms with Gasteiger partial charge in [-0.3, -0.25) is 14.2 Å². The van der Waals surface area contributed by atoms with Crippen molar-refractivity contribution in [3.63, 3.8) is 0 Å². The number of thioether (sulfide) groups is 1. The van der Waals surface area contributed by atoms with Crippen LogP contribution in [0.15, 0.2) is 46.5 Å². The van der Waals surface area contributed by atoms with Crippen molar-refractivity contribution in [3.8, 4) is 5.75 Å². The molecule has 1 fully saturated rings. The molecule has 9 heteroatoms. The highest BCUT2D eigenvalue weighted by Gasteiger charge is 2.22. The van der Waals surface area contributed by atoms with Crippen LogP contribution in [0.25, 0.3) is 20.4 Å². The molecule has 0 bridgehead atoms. The normalized spacial score (nSPS) is 16.1. The number of nitrogens with zero attached hydrogens (tertiary/aromatic N) is 3. The topological polar surface area (TPSA) is 83.3 Å². The standard InChI is InChI=1S/C23H21N3O4S2/c1-29-18-7-6-14(12-27)10-15(18)13-31-23-25-19-17-5-2-8-24-21(17)32-20(19)22(28)26(23)11-16-4-3-9-30-16/h2,5-8,10,12,16H,3-4,9,11,13H2,1H3. The fraction of sp³-hybridized carbons (Fsp3) is 0.304. The Balaban J connectivity index is 1.59. The van der Waals surface area contributed by atoms with Crippen molar-refractivity contribution in [2.45, 2.75) is 36.4 Å². The molecule has 4 aromatic rings. The highest BCUT2D eigenvalue weighted by atomic mass is 32.2. The van der Waals surface area contributed by atoms with Gasteiger partial charge in [-0.15, -0.1) is 11.3 Å². The Morgan fingerprint density at radius 1 is 1.38 bits per heavy atom. The minimum absolute atomic E-state index is 0.00623. The molecule has 3 aromatic heterocycles. The predicted molar refractivity (Wildman–Crippen MR) is 126 cm³/mol. The number of fused-ring (bicyclic) bond motifs is 3. The van der Waals surface area contributed by atoms with Gasteiger partial charge in [0.25, 0.3) is 5.56 Å². The average Bonchev–Trinajstić information content (AvgIpc) is 3.47. The van der Waals surface area contributed by atoms with Crippen LogP contribution in [0, 0.1) is 0 Å². The van der Waals surface area contributed by atoms with Crippen LogP contribution in [-0.2, 0) is 17.0 Å². The Bertz CT molecular complexity index is 1360. The second-order valence-electron chi connectivity index (χ2n) is 7.56. The quantitative estimate of drug-likeness (QED) is 0.228. The zero-order valence-corrected chi connectivity index (χ0v) is 19.1. The van der Waals surface area contributed by atoms with Crippen LogP contribution < -0.4 is 10.3 Å². The summed E-state index contributed by atoms with van der Waals surface area (Å²) < 4.78 is 13.6. The number of rotatable bonds is 7. The van der Waals surface area contributed by atoms with Crippen LogP contribution in [0.5, 0.6) is 5.75 Å². The van der Waals surface area contributed by atoms with E-state index >= 15 is 0 Å². The van der Waals surface area contributed by atoms with E-state index in [1.54, 1.807) is 30.0 Å². The zero-order chi connectivity index (χ0) is 22.1. The molecular formula is C23H21N3O4S2. The maximum absolute atomic E-state index is 13.5. The highest BCUT2D eigenvalue weighted by molar-refractivity contribution is 7.98. The minimum atomic E-state index is -0.0652. The molecular weight excluding hydrogens is 446 g/mol. The molecule has 0 amide bonds. The molecule has 0 spiro atoms. The Morgan fingerprint density at radius 2 is 2.28 bits per heavy atom. The number of hydrogen-bond donors (Lipinski definition) is 0. The number of thiophene rings is 1. The van der Waals surface area contributed by atoms with Crippen molar-refractivity contribution in [1.82, 2.24) is 14.5 Å². The number of aromatic nitrogens is 3. The third-order valence-electron chi connectivity index (χ3n) is 5.53.